The minimum Gasteiger partial charge on any atom is -1.00 e. The van der Waals surface area contributed by atoms with Crippen LogP contribution in [0, 0.1) is 0 Å². The molecule has 0 atom stereocenters. The summed E-state index contributed by atoms with van der Waals surface area (Å²) in [6.07, 6.45) is 4.04. The predicted molar refractivity (Wildman–Crippen MR) is 77.8 cm³/mol. The molecule has 1 fully saturated rings. The van der Waals surface area contributed by atoms with Gasteiger partial charge in [0.1, 0.15) is 13.2 Å². The average molecular weight is 348 g/mol. The number of hydrogen-bond acceptors (Lipinski definition) is 3. The second kappa shape index (κ2) is 8.64. The number of rotatable bonds is 6. The fourth-order valence-electron chi connectivity index (χ4n) is 2.34. The lowest BCUT2D eigenvalue weighted by Gasteiger charge is -2.37. The zero-order chi connectivity index (χ0) is 14.5. The van der Waals surface area contributed by atoms with E-state index < -0.39 is 5.54 Å². The van der Waals surface area contributed by atoms with Crippen molar-refractivity contribution in [3.63, 3.8) is 0 Å². The lowest BCUT2D eigenvalue weighted by atomic mass is 10.0. The van der Waals surface area contributed by atoms with Gasteiger partial charge >= 0.3 is 5.97 Å². The topological polar surface area (TPSA) is 29.5 Å². The Kier molecular flexibility index (Phi) is 8.75. The standard InChI is InChI=1S/C13H25Cl2N2O2.ClH/c1-13(2,16(14)15)11-12(18)19-10-9-17(3)7-5-4-6-8-17;/h4-11H2,1-3H3;1H/q+1;/p-1. The molecular formula is C13H25Cl3N2O2. The van der Waals surface area contributed by atoms with Crippen LogP contribution >= 0.6 is 23.6 Å². The first kappa shape index (κ1) is 20.3. The first-order valence-electron chi connectivity index (χ1n) is 6.86. The summed E-state index contributed by atoms with van der Waals surface area (Å²) in [5.41, 5.74) is -0.607. The van der Waals surface area contributed by atoms with Gasteiger partial charge in [0.05, 0.1) is 32.1 Å². The maximum Gasteiger partial charge on any atom is 0.307 e. The highest BCUT2D eigenvalue weighted by molar-refractivity contribution is 6.34. The van der Waals surface area contributed by atoms with Gasteiger partial charge in [-0.2, -0.15) is 0 Å². The van der Waals surface area contributed by atoms with E-state index in [2.05, 4.69) is 7.05 Å². The summed E-state index contributed by atoms with van der Waals surface area (Å²) in [7, 11) is 2.23. The number of ether oxygens (including phenoxy) is 1. The van der Waals surface area contributed by atoms with E-state index >= 15 is 0 Å². The second-order valence-corrected chi connectivity index (χ2v) is 7.14. The van der Waals surface area contributed by atoms with E-state index in [0.717, 1.165) is 15.0 Å². The van der Waals surface area contributed by atoms with Gasteiger partial charge in [0.2, 0.25) is 0 Å². The molecule has 7 heteroatoms. The van der Waals surface area contributed by atoms with Gasteiger partial charge in [-0.15, -0.1) is 3.94 Å². The number of carbonyl (C=O) groups excluding carboxylic acids is 1. The number of quaternary nitrogens is 1. The van der Waals surface area contributed by atoms with Crippen molar-refractivity contribution >= 4 is 29.5 Å². The molecule has 120 valence electrons. The molecule has 20 heavy (non-hydrogen) atoms. The zero-order valence-electron chi connectivity index (χ0n) is 12.5. The van der Waals surface area contributed by atoms with Gasteiger partial charge < -0.3 is 21.6 Å². The fourth-order valence-corrected chi connectivity index (χ4v) is 2.46. The first-order chi connectivity index (χ1) is 8.75. The summed E-state index contributed by atoms with van der Waals surface area (Å²) in [6, 6.07) is 0. The molecular weight excluding hydrogens is 323 g/mol. The quantitative estimate of drug-likeness (QED) is 0.383. The number of hydrogen-bond donors (Lipinski definition) is 0. The number of halogens is 3. The van der Waals surface area contributed by atoms with Crippen molar-refractivity contribution in [2.24, 2.45) is 0 Å². The van der Waals surface area contributed by atoms with E-state index in [-0.39, 0.29) is 24.8 Å². The summed E-state index contributed by atoms with van der Waals surface area (Å²) in [5.74, 6) is -0.250. The molecule has 0 amide bonds. The van der Waals surface area contributed by atoms with E-state index in [0.29, 0.717) is 6.61 Å². The molecule has 0 saturated carbocycles. The van der Waals surface area contributed by atoms with Gasteiger partial charge in [-0.3, -0.25) is 4.79 Å². The van der Waals surface area contributed by atoms with Crippen LogP contribution in [0.5, 0.6) is 0 Å². The third-order valence-electron chi connectivity index (χ3n) is 3.82. The molecule has 0 spiro atoms. The molecule has 0 unspecified atom stereocenters. The van der Waals surface area contributed by atoms with Crippen LogP contribution in [-0.4, -0.2) is 53.2 Å². The van der Waals surface area contributed by atoms with Crippen LogP contribution in [0.3, 0.4) is 0 Å². The third-order valence-corrected chi connectivity index (χ3v) is 4.74. The molecule has 0 N–H and O–H groups in total. The van der Waals surface area contributed by atoms with Crippen molar-refractivity contribution in [3.05, 3.63) is 0 Å². The highest BCUT2D eigenvalue weighted by Gasteiger charge is 2.29. The summed E-state index contributed by atoms with van der Waals surface area (Å²) >= 11 is 11.4. The lowest BCUT2D eigenvalue weighted by molar-refractivity contribution is -0.914. The molecule has 0 aliphatic carbocycles. The Bertz CT molecular complexity index is 306. The maximum absolute atomic E-state index is 11.7. The second-order valence-electron chi connectivity index (χ2n) is 6.29. The highest BCUT2D eigenvalue weighted by atomic mass is 35.5. The van der Waals surface area contributed by atoms with Crippen LogP contribution in [0.1, 0.15) is 39.5 Å². The maximum atomic E-state index is 11.7. The Hall–Kier alpha value is 0.260. The zero-order valence-corrected chi connectivity index (χ0v) is 14.8. The molecule has 0 radical (unpaired) electrons. The summed E-state index contributed by atoms with van der Waals surface area (Å²) in [4.78, 5) is 11.7. The number of likely N-dealkylation sites (N-methyl/N-ethyl adjacent to an activating group) is 1. The van der Waals surface area contributed by atoms with E-state index in [1.807, 2.05) is 0 Å². The molecule has 0 bridgehead atoms. The van der Waals surface area contributed by atoms with Gasteiger partial charge in [-0.1, -0.05) is 0 Å². The number of likely N-dealkylation sites (tertiary alicyclic amines) is 1. The molecule has 0 aromatic rings. The number of nitrogens with zero attached hydrogens (tertiary/aromatic N) is 2. The van der Waals surface area contributed by atoms with Crippen LogP contribution in [0.2, 0.25) is 0 Å². The van der Waals surface area contributed by atoms with Crippen LogP contribution in [0.25, 0.3) is 0 Å². The van der Waals surface area contributed by atoms with Crippen LogP contribution in [0.15, 0.2) is 0 Å². The highest BCUT2D eigenvalue weighted by Crippen LogP contribution is 2.24. The number of esters is 1. The third kappa shape index (κ3) is 6.81. The molecule has 0 aromatic heterocycles. The van der Waals surface area contributed by atoms with E-state index in [9.17, 15) is 4.79 Å². The summed E-state index contributed by atoms with van der Waals surface area (Å²) in [6.45, 7) is 7.31. The molecule has 4 nitrogen and oxygen atoms in total. The summed E-state index contributed by atoms with van der Waals surface area (Å²) in [5, 5.41) is 0. The van der Waals surface area contributed by atoms with Gasteiger partial charge in [0.15, 0.2) is 0 Å². The Morgan fingerprint density at radius 1 is 1.25 bits per heavy atom. The van der Waals surface area contributed by atoms with Crippen LogP contribution in [0.4, 0.5) is 0 Å². The SMILES string of the molecule is CC(C)(CC(=O)OCC[N+]1(C)CCCCC1)N(Cl)Cl.[Cl-]. The van der Waals surface area contributed by atoms with Crippen molar-refractivity contribution in [3.8, 4) is 0 Å². The molecule has 1 rings (SSSR count). The Morgan fingerprint density at radius 3 is 2.30 bits per heavy atom. The first-order valence-corrected chi connectivity index (χ1v) is 7.54. The molecule has 1 saturated heterocycles. The monoisotopic (exact) mass is 346 g/mol. The van der Waals surface area contributed by atoms with E-state index in [4.69, 9.17) is 28.3 Å². The lowest BCUT2D eigenvalue weighted by Crippen LogP contribution is -3.00. The van der Waals surface area contributed by atoms with Crippen molar-refractivity contribution in [1.29, 1.82) is 0 Å². The Morgan fingerprint density at radius 2 is 1.80 bits per heavy atom. The summed E-state index contributed by atoms with van der Waals surface area (Å²) < 4.78 is 7.31. The molecule has 0 aromatic carbocycles. The van der Waals surface area contributed by atoms with E-state index in [1.54, 1.807) is 13.8 Å². The van der Waals surface area contributed by atoms with Crippen LogP contribution in [-0.2, 0) is 9.53 Å². The van der Waals surface area contributed by atoms with Gasteiger partial charge in [-0.25, -0.2) is 0 Å². The Balaban J connectivity index is 0.00000361. The number of carbonyl (C=O) groups is 1. The van der Waals surface area contributed by atoms with Gasteiger partial charge in [0.25, 0.3) is 0 Å². The minimum absolute atomic E-state index is 0. The largest absolute Gasteiger partial charge is 1.00 e. The normalized spacial score (nSPS) is 18.5. The fraction of sp³-hybridized carbons (Fsp3) is 0.923. The van der Waals surface area contributed by atoms with Gasteiger partial charge in [0, 0.05) is 0 Å². The van der Waals surface area contributed by atoms with Crippen LogP contribution < -0.4 is 12.4 Å². The predicted octanol–water partition coefficient (Wildman–Crippen LogP) is -0.0576. The van der Waals surface area contributed by atoms with Crippen molar-refractivity contribution in [2.45, 2.75) is 45.1 Å². The number of piperidine rings is 1. The van der Waals surface area contributed by atoms with Crippen molar-refractivity contribution in [1.82, 2.24) is 3.94 Å². The molecule has 1 heterocycles. The van der Waals surface area contributed by atoms with Crippen molar-refractivity contribution < 1.29 is 26.4 Å². The average Bonchev–Trinajstić information content (AvgIpc) is 2.28. The molecule has 1 aliphatic heterocycles. The minimum atomic E-state index is -0.607. The van der Waals surface area contributed by atoms with Gasteiger partial charge in [-0.05, 0) is 56.7 Å². The Labute approximate surface area is 138 Å². The smallest absolute Gasteiger partial charge is 0.307 e. The van der Waals surface area contributed by atoms with E-state index in [1.165, 1.54) is 32.4 Å². The molecule has 1 aliphatic rings. The van der Waals surface area contributed by atoms with Crippen molar-refractivity contribution in [2.75, 3.05) is 33.3 Å².